The number of hydrogen-bond donors (Lipinski definition) is 1. The van der Waals surface area contributed by atoms with Gasteiger partial charge in [-0.15, -0.1) is 0 Å². The molecule has 0 aliphatic rings. The van der Waals surface area contributed by atoms with Gasteiger partial charge in [0.05, 0.1) is 7.11 Å². The smallest absolute Gasteiger partial charge is 0.342 e. The molecule has 0 fully saturated rings. The highest BCUT2D eigenvalue weighted by atomic mass is 19.2. The van der Waals surface area contributed by atoms with Crippen molar-refractivity contribution in [3.05, 3.63) is 58.4 Å². The van der Waals surface area contributed by atoms with Crippen LogP contribution in [0.15, 0.2) is 18.2 Å². The van der Waals surface area contributed by atoms with Crippen LogP contribution in [-0.4, -0.2) is 25.6 Å². The van der Waals surface area contributed by atoms with E-state index in [2.05, 4.69) is 4.74 Å². The Balaban J connectivity index is 2.12. The minimum atomic E-state index is -2.36. The van der Waals surface area contributed by atoms with Crippen molar-refractivity contribution in [3.8, 4) is 5.75 Å². The monoisotopic (exact) mass is 389 g/mol. The minimum Gasteiger partial charge on any atom is -0.496 e. The number of anilines is 1. The number of methoxy groups -OCH3 is 1. The zero-order valence-corrected chi connectivity index (χ0v) is 14.0. The lowest BCUT2D eigenvalue weighted by molar-refractivity contribution is -0.119. The molecule has 0 spiro atoms. The van der Waals surface area contributed by atoms with Crippen LogP contribution in [-0.2, 0) is 9.53 Å². The van der Waals surface area contributed by atoms with Gasteiger partial charge in [-0.2, -0.15) is 0 Å². The molecule has 27 heavy (non-hydrogen) atoms. The van der Waals surface area contributed by atoms with Crippen molar-refractivity contribution in [1.82, 2.24) is 0 Å². The number of nitrogens with one attached hydrogen (secondary N) is 1. The van der Waals surface area contributed by atoms with E-state index in [4.69, 9.17) is 4.74 Å². The van der Waals surface area contributed by atoms with Gasteiger partial charge in [0.25, 0.3) is 5.91 Å². The Morgan fingerprint density at radius 2 is 1.52 bits per heavy atom. The molecule has 2 aromatic carbocycles. The Labute approximate surface area is 149 Å². The Morgan fingerprint density at radius 1 is 0.963 bits per heavy atom. The van der Waals surface area contributed by atoms with Gasteiger partial charge in [0.1, 0.15) is 17.0 Å². The van der Waals surface area contributed by atoms with Crippen molar-refractivity contribution in [2.75, 3.05) is 19.0 Å². The fourth-order valence-corrected chi connectivity index (χ4v) is 2.08. The van der Waals surface area contributed by atoms with E-state index in [1.165, 1.54) is 24.6 Å². The van der Waals surface area contributed by atoms with E-state index in [1.54, 1.807) is 13.0 Å². The summed E-state index contributed by atoms with van der Waals surface area (Å²) in [5, 5.41) is 1.49. The lowest BCUT2D eigenvalue weighted by Gasteiger charge is -2.11. The summed E-state index contributed by atoms with van der Waals surface area (Å²) in [5.74, 6) is -13.4. The zero-order chi connectivity index (χ0) is 20.3. The first-order valence-corrected chi connectivity index (χ1v) is 7.30. The summed E-state index contributed by atoms with van der Waals surface area (Å²) < 4.78 is 75.8. The molecular weight excluding hydrogens is 377 g/mol. The quantitative estimate of drug-likeness (QED) is 0.368. The maximum atomic E-state index is 13.5. The van der Waals surface area contributed by atoms with Crippen molar-refractivity contribution in [1.29, 1.82) is 0 Å². The number of carbonyl (C=O) groups is 2. The molecule has 1 N–H and O–H groups in total. The van der Waals surface area contributed by atoms with Crippen LogP contribution in [0.1, 0.15) is 15.9 Å². The van der Waals surface area contributed by atoms with Gasteiger partial charge in [0, 0.05) is 0 Å². The third kappa shape index (κ3) is 4.15. The first-order chi connectivity index (χ1) is 12.7. The third-order valence-electron chi connectivity index (χ3n) is 3.38. The normalized spacial score (nSPS) is 10.5. The number of esters is 1. The van der Waals surface area contributed by atoms with Crippen LogP contribution < -0.4 is 10.1 Å². The van der Waals surface area contributed by atoms with Gasteiger partial charge in [0.2, 0.25) is 5.82 Å². The summed E-state index contributed by atoms with van der Waals surface area (Å²) in [5.41, 5.74) is -0.865. The molecule has 144 valence electrons. The highest BCUT2D eigenvalue weighted by molar-refractivity contribution is 5.97. The maximum absolute atomic E-state index is 13.5. The molecule has 0 saturated heterocycles. The molecule has 0 unspecified atom stereocenters. The molecule has 0 aromatic heterocycles. The number of aryl methyl sites for hydroxylation is 1. The highest BCUT2D eigenvalue weighted by Crippen LogP contribution is 2.27. The second-order valence-corrected chi connectivity index (χ2v) is 5.27. The van der Waals surface area contributed by atoms with E-state index in [9.17, 15) is 31.5 Å². The molecule has 1 amide bonds. The third-order valence-corrected chi connectivity index (χ3v) is 3.38. The number of ether oxygens (including phenoxy) is 2. The lowest BCUT2D eigenvalue weighted by atomic mass is 10.1. The zero-order valence-electron chi connectivity index (χ0n) is 14.0. The second-order valence-electron chi connectivity index (χ2n) is 5.27. The van der Waals surface area contributed by atoms with Gasteiger partial charge in [-0.3, -0.25) is 4.79 Å². The first kappa shape index (κ1) is 20.1. The summed E-state index contributed by atoms with van der Waals surface area (Å²) in [6.45, 7) is 0.654. The van der Waals surface area contributed by atoms with Gasteiger partial charge in [-0.1, -0.05) is 11.6 Å². The molecule has 0 aliphatic heterocycles. The number of benzene rings is 2. The minimum absolute atomic E-state index is 0.0125. The second kappa shape index (κ2) is 8.02. The molecule has 0 aliphatic carbocycles. The van der Waals surface area contributed by atoms with Crippen LogP contribution in [0.25, 0.3) is 0 Å². The fourth-order valence-electron chi connectivity index (χ4n) is 2.08. The van der Waals surface area contributed by atoms with Crippen LogP contribution in [0.5, 0.6) is 5.75 Å². The van der Waals surface area contributed by atoms with Gasteiger partial charge < -0.3 is 14.8 Å². The average molecular weight is 389 g/mol. The Morgan fingerprint density at radius 3 is 2.07 bits per heavy atom. The van der Waals surface area contributed by atoms with Crippen molar-refractivity contribution in [2.45, 2.75) is 6.92 Å². The summed E-state index contributed by atoms with van der Waals surface area (Å²) in [4.78, 5) is 23.7. The van der Waals surface area contributed by atoms with Crippen LogP contribution >= 0.6 is 0 Å². The Bertz CT molecular complexity index is 888. The van der Waals surface area contributed by atoms with Crippen molar-refractivity contribution < 1.29 is 41.0 Å². The van der Waals surface area contributed by atoms with Crippen molar-refractivity contribution in [3.63, 3.8) is 0 Å². The summed E-state index contributed by atoms with van der Waals surface area (Å²) in [6, 6.07) is 4.56. The predicted octanol–water partition coefficient (Wildman–Crippen LogP) is 3.49. The van der Waals surface area contributed by atoms with Crippen LogP contribution in [0.4, 0.5) is 27.6 Å². The van der Waals surface area contributed by atoms with E-state index < -0.39 is 53.3 Å². The van der Waals surface area contributed by atoms with E-state index in [0.29, 0.717) is 5.56 Å². The molecule has 2 rings (SSSR count). The lowest BCUT2D eigenvalue weighted by Crippen LogP contribution is -2.23. The van der Waals surface area contributed by atoms with Crippen LogP contribution in [0.2, 0.25) is 0 Å². The van der Waals surface area contributed by atoms with Crippen molar-refractivity contribution in [2.24, 2.45) is 0 Å². The molecule has 0 atom stereocenters. The standard InChI is InChI=1S/C17H12F5NO4/c1-7-3-4-9(26-2)8(5-7)17(25)27-6-10(24)23-16-14(21)12(19)11(18)13(20)15(16)22/h3-5H,6H2,1-2H3,(H,23,24). The summed E-state index contributed by atoms with van der Waals surface area (Å²) in [7, 11) is 1.30. The molecule has 0 heterocycles. The maximum Gasteiger partial charge on any atom is 0.342 e. The Hall–Kier alpha value is -3.17. The van der Waals surface area contributed by atoms with Crippen molar-refractivity contribution >= 4 is 17.6 Å². The number of amides is 1. The first-order valence-electron chi connectivity index (χ1n) is 7.30. The predicted molar refractivity (Wildman–Crippen MR) is 82.9 cm³/mol. The fraction of sp³-hybridized carbons (Fsp3) is 0.176. The van der Waals surface area contributed by atoms with E-state index in [0.717, 1.165) is 0 Å². The van der Waals surface area contributed by atoms with E-state index >= 15 is 0 Å². The number of rotatable bonds is 5. The molecular formula is C17H12F5NO4. The van der Waals surface area contributed by atoms with Crippen LogP contribution in [0.3, 0.4) is 0 Å². The van der Waals surface area contributed by atoms with Gasteiger partial charge in [-0.05, 0) is 19.1 Å². The number of carbonyl (C=O) groups excluding carboxylic acids is 2. The molecule has 0 saturated carbocycles. The number of halogens is 5. The summed E-state index contributed by atoms with van der Waals surface area (Å²) in [6.07, 6.45) is 0. The topological polar surface area (TPSA) is 64.6 Å². The van der Waals surface area contributed by atoms with Gasteiger partial charge in [0.15, 0.2) is 29.9 Å². The SMILES string of the molecule is COc1ccc(C)cc1C(=O)OCC(=O)Nc1c(F)c(F)c(F)c(F)c1F. The molecule has 5 nitrogen and oxygen atoms in total. The summed E-state index contributed by atoms with van der Waals surface area (Å²) >= 11 is 0. The molecule has 2 aromatic rings. The number of hydrogen-bond acceptors (Lipinski definition) is 4. The largest absolute Gasteiger partial charge is 0.496 e. The molecule has 0 bridgehead atoms. The molecule has 10 heteroatoms. The average Bonchev–Trinajstić information content (AvgIpc) is 2.66. The highest BCUT2D eigenvalue weighted by Gasteiger charge is 2.27. The van der Waals surface area contributed by atoms with Gasteiger partial charge in [-0.25, -0.2) is 26.7 Å². The van der Waals surface area contributed by atoms with Crippen LogP contribution in [0, 0.1) is 36.0 Å². The van der Waals surface area contributed by atoms with E-state index in [1.807, 2.05) is 0 Å². The van der Waals surface area contributed by atoms with Gasteiger partial charge >= 0.3 is 5.97 Å². The van der Waals surface area contributed by atoms with E-state index in [-0.39, 0.29) is 11.3 Å². The molecule has 0 radical (unpaired) electrons. The Kier molecular flexibility index (Phi) is 5.98.